The molecule has 0 saturated heterocycles. The minimum Gasteiger partial charge on any atom is -0.493 e. The first-order chi connectivity index (χ1) is 12.0. The monoisotopic (exact) mass is 400 g/mol. The number of amides is 1. The molecule has 0 radical (unpaired) electrons. The van der Waals surface area contributed by atoms with Crippen LogP contribution in [0.4, 0.5) is 5.69 Å². The van der Waals surface area contributed by atoms with Crippen molar-refractivity contribution in [3.8, 4) is 11.5 Å². The number of nitrogens with zero attached hydrogens (tertiary/aromatic N) is 2. The second-order valence-corrected chi connectivity index (χ2v) is 6.37. The van der Waals surface area contributed by atoms with Crippen molar-refractivity contribution in [2.45, 2.75) is 6.92 Å². The van der Waals surface area contributed by atoms with Gasteiger partial charge in [0.25, 0.3) is 5.91 Å². The molecular formula is C19H17BrN2O3. The molecule has 0 unspecified atom stereocenters. The SMILES string of the molecule is COc1ccc(/C=C2\C(=O)N(c3cccc(Br)c3)N=C2C)cc1OC. The highest BCUT2D eigenvalue weighted by molar-refractivity contribution is 9.10. The molecule has 0 bridgehead atoms. The molecule has 0 aliphatic carbocycles. The number of rotatable bonds is 4. The lowest BCUT2D eigenvalue weighted by Crippen LogP contribution is -2.21. The van der Waals surface area contributed by atoms with Crippen LogP contribution in [0.5, 0.6) is 11.5 Å². The van der Waals surface area contributed by atoms with Crippen molar-refractivity contribution in [1.29, 1.82) is 0 Å². The minimum atomic E-state index is -0.162. The quantitative estimate of drug-likeness (QED) is 0.719. The molecule has 1 aliphatic rings. The maximum atomic E-state index is 12.8. The van der Waals surface area contributed by atoms with Crippen molar-refractivity contribution in [3.05, 3.63) is 58.1 Å². The number of carbonyl (C=O) groups is 1. The molecule has 0 spiro atoms. The fourth-order valence-corrected chi connectivity index (χ4v) is 2.96. The summed E-state index contributed by atoms with van der Waals surface area (Å²) in [6.07, 6.45) is 1.81. The van der Waals surface area contributed by atoms with E-state index in [9.17, 15) is 4.79 Å². The van der Waals surface area contributed by atoms with E-state index in [0.29, 0.717) is 22.8 Å². The standard InChI is InChI=1S/C19H17BrN2O3/c1-12-16(9-13-7-8-17(24-2)18(10-13)25-3)19(23)22(21-12)15-6-4-5-14(20)11-15/h4-11H,1-3H3/b16-9-. The van der Waals surface area contributed by atoms with Gasteiger partial charge in [-0.25, -0.2) is 0 Å². The first-order valence-electron chi connectivity index (χ1n) is 7.63. The summed E-state index contributed by atoms with van der Waals surface area (Å²) in [4.78, 5) is 12.8. The molecule has 0 N–H and O–H groups in total. The lowest BCUT2D eigenvalue weighted by atomic mass is 10.1. The maximum absolute atomic E-state index is 12.8. The van der Waals surface area contributed by atoms with Crippen LogP contribution in [0.15, 0.2) is 57.6 Å². The normalized spacial score (nSPS) is 15.5. The first-order valence-corrected chi connectivity index (χ1v) is 8.42. The molecule has 0 fully saturated rings. The van der Waals surface area contributed by atoms with E-state index in [0.717, 1.165) is 15.7 Å². The molecular weight excluding hydrogens is 384 g/mol. The van der Waals surface area contributed by atoms with Gasteiger partial charge in [0.2, 0.25) is 0 Å². The van der Waals surface area contributed by atoms with Crippen LogP contribution in [-0.2, 0) is 4.79 Å². The number of hydrogen-bond donors (Lipinski definition) is 0. The van der Waals surface area contributed by atoms with E-state index in [4.69, 9.17) is 9.47 Å². The van der Waals surface area contributed by atoms with Crippen molar-refractivity contribution < 1.29 is 14.3 Å². The van der Waals surface area contributed by atoms with Gasteiger partial charge in [0, 0.05) is 4.47 Å². The van der Waals surface area contributed by atoms with Crippen LogP contribution in [-0.4, -0.2) is 25.8 Å². The molecule has 1 aliphatic heterocycles. The van der Waals surface area contributed by atoms with Crippen molar-refractivity contribution in [3.63, 3.8) is 0 Å². The fourth-order valence-electron chi connectivity index (χ4n) is 2.58. The predicted molar refractivity (Wildman–Crippen MR) is 102 cm³/mol. The topological polar surface area (TPSA) is 51.1 Å². The summed E-state index contributed by atoms with van der Waals surface area (Å²) in [6, 6.07) is 13.0. The molecule has 128 valence electrons. The molecule has 3 rings (SSSR count). The molecule has 0 atom stereocenters. The molecule has 2 aromatic rings. The van der Waals surface area contributed by atoms with Gasteiger partial charge in [0.05, 0.1) is 31.2 Å². The molecule has 25 heavy (non-hydrogen) atoms. The summed E-state index contributed by atoms with van der Waals surface area (Å²) in [5.74, 6) is 1.09. The Labute approximate surface area is 154 Å². The van der Waals surface area contributed by atoms with Crippen LogP contribution in [0.25, 0.3) is 6.08 Å². The Bertz CT molecular complexity index is 890. The van der Waals surface area contributed by atoms with Gasteiger partial charge in [0.15, 0.2) is 11.5 Å². The zero-order valence-electron chi connectivity index (χ0n) is 14.1. The van der Waals surface area contributed by atoms with Crippen molar-refractivity contribution >= 4 is 39.3 Å². The van der Waals surface area contributed by atoms with Gasteiger partial charge in [-0.2, -0.15) is 10.1 Å². The van der Waals surface area contributed by atoms with Crippen LogP contribution in [0.3, 0.4) is 0 Å². The molecule has 1 amide bonds. The van der Waals surface area contributed by atoms with Crippen LogP contribution in [0.1, 0.15) is 12.5 Å². The van der Waals surface area contributed by atoms with Gasteiger partial charge in [0.1, 0.15) is 0 Å². The molecule has 2 aromatic carbocycles. The van der Waals surface area contributed by atoms with Crippen LogP contribution < -0.4 is 14.5 Å². The summed E-state index contributed by atoms with van der Waals surface area (Å²) in [5, 5.41) is 5.80. The Hall–Kier alpha value is -2.60. The summed E-state index contributed by atoms with van der Waals surface area (Å²) < 4.78 is 11.4. The van der Waals surface area contributed by atoms with Gasteiger partial charge in [-0.1, -0.05) is 28.1 Å². The summed E-state index contributed by atoms with van der Waals surface area (Å²) in [6.45, 7) is 1.82. The van der Waals surface area contributed by atoms with E-state index in [1.807, 2.05) is 49.4 Å². The Kier molecular flexibility index (Phi) is 4.90. The summed E-state index contributed by atoms with van der Waals surface area (Å²) >= 11 is 3.42. The highest BCUT2D eigenvalue weighted by atomic mass is 79.9. The number of halogens is 1. The average Bonchev–Trinajstić information content (AvgIpc) is 2.89. The van der Waals surface area contributed by atoms with Gasteiger partial charge < -0.3 is 9.47 Å². The lowest BCUT2D eigenvalue weighted by Gasteiger charge is -2.12. The first kappa shape index (κ1) is 17.2. The lowest BCUT2D eigenvalue weighted by molar-refractivity contribution is -0.114. The van der Waals surface area contributed by atoms with Gasteiger partial charge in [-0.05, 0) is 48.9 Å². The summed E-state index contributed by atoms with van der Waals surface area (Å²) in [5.41, 5.74) is 2.77. The van der Waals surface area contributed by atoms with Crippen molar-refractivity contribution in [2.75, 3.05) is 19.2 Å². The molecule has 6 heteroatoms. The number of hydrogen-bond acceptors (Lipinski definition) is 4. The number of benzene rings is 2. The van der Waals surface area contributed by atoms with Crippen molar-refractivity contribution in [1.82, 2.24) is 0 Å². The van der Waals surface area contributed by atoms with Crippen molar-refractivity contribution in [2.24, 2.45) is 5.10 Å². The van der Waals surface area contributed by atoms with Gasteiger partial charge in [-0.15, -0.1) is 0 Å². The van der Waals surface area contributed by atoms with Crippen LogP contribution >= 0.6 is 15.9 Å². The fraction of sp³-hybridized carbons (Fsp3) is 0.158. The van der Waals surface area contributed by atoms with E-state index in [1.54, 1.807) is 20.3 Å². The zero-order valence-corrected chi connectivity index (χ0v) is 15.7. The Morgan fingerprint density at radius 2 is 1.84 bits per heavy atom. The second kappa shape index (κ2) is 7.11. The minimum absolute atomic E-state index is 0.162. The largest absolute Gasteiger partial charge is 0.493 e. The zero-order chi connectivity index (χ0) is 18.0. The van der Waals surface area contributed by atoms with E-state index in [1.165, 1.54) is 5.01 Å². The van der Waals surface area contributed by atoms with Crippen LogP contribution in [0.2, 0.25) is 0 Å². The van der Waals surface area contributed by atoms with E-state index in [2.05, 4.69) is 21.0 Å². The van der Waals surface area contributed by atoms with E-state index < -0.39 is 0 Å². The highest BCUT2D eigenvalue weighted by Crippen LogP contribution is 2.30. The molecule has 5 nitrogen and oxygen atoms in total. The van der Waals surface area contributed by atoms with E-state index in [-0.39, 0.29) is 5.91 Å². The number of carbonyl (C=O) groups excluding carboxylic acids is 1. The third-order valence-electron chi connectivity index (χ3n) is 3.83. The third kappa shape index (κ3) is 3.44. The van der Waals surface area contributed by atoms with Gasteiger partial charge >= 0.3 is 0 Å². The molecule has 0 aromatic heterocycles. The third-order valence-corrected chi connectivity index (χ3v) is 4.33. The average molecular weight is 401 g/mol. The second-order valence-electron chi connectivity index (χ2n) is 5.45. The smallest absolute Gasteiger partial charge is 0.280 e. The maximum Gasteiger partial charge on any atom is 0.280 e. The molecule has 0 saturated carbocycles. The number of ether oxygens (including phenoxy) is 2. The van der Waals surface area contributed by atoms with Gasteiger partial charge in [-0.3, -0.25) is 4.79 Å². The Balaban J connectivity index is 1.95. The number of anilines is 1. The Morgan fingerprint density at radius 1 is 1.08 bits per heavy atom. The van der Waals surface area contributed by atoms with E-state index >= 15 is 0 Å². The summed E-state index contributed by atoms with van der Waals surface area (Å²) in [7, 11) is 3.17. The highest BCUT2D eigenvalue weighted by Gasteiger charge is 2.28. The Morgan fingerprint density at radius 3 is 2.52 bits per heavy atom. The number of hydrazone groups is 1. The molecule has 1 heterocycles. The number of methoxy groups -OCH3 is 2. The predicted octanol–water partition coefficient (Wildman–Crippen LogP) is 4.27. The van der Waals surface area contributed by atoms with Crippen LogP contribution in [0, 0.1) is 0 Å².